The van der Waals surface area contributed by atoms with Gasteiger partial charge >= 0.3 is 0 Å². The number of hydrogen-bond acceptors (Lipinski definition) is 4. The Morgan fingerprint density at radius 3 is 2.56 bits per heavy atom. The number of nitrogens with zero attached hydrogens (tertiary/aromatic N) is 1. The maximum atomic E-state index is 6.11. The lowest BCUT2D eigenvalue weighted by molar-refractivity contribution is 0.301. The van der Waals surface area contributed by atoms with Crippen LogP contribution in [0.4, 0.5) is 0 Å². The zero-order chi connectivity index (χ0) is 13.1. The Balaban J connectivity index is 2.06. The maximum absolute atomic E-state index is 6.11. The first kappa shape index (κ1) is 13.3. The fourth-order valence-corrected chi connectivity index (χ4v) is 2.42. The summed E-state index contributed by atoms with van der Waals surface area (Å²) in [4.78, 5) is 4.35. The molecule has 0 atom stereocenters. The van der Waals surface area contributed by atoms with E-state index in [0.29, 0.717) is 13.2 Å². The number of rotatable bonds is 4. The molecule has 1 aromatic carbocycles. The Bertz CT molecular complexity index is 531. The van der Waals surface area contributed by atoms with Gasteiger partial charge in [-0.25, -0.2) is 4.98 Å². The van der Waals surface area contributed by atoms with Crippen LogP contribution in [0.15, 0.2) is 17.5 Å². The van der Waals surface area contributed by atoms with E-state index in [9.17, 15) is 0 Å². The molecule has 0 aliphatic heterocycles. The number of halogens is 1. The minimum atomic E-state index is 0.455. The third kappa shape index (κ3) is 3.02. The van der Waals surface area contributed by atoms with Crippen LogP contribution < -0.4 is 10.5 Å². The number of aromatic nitrogens is 1. The van der Waals surface area contributed by atoms with Gasteiger partial charge in [0.1, 0.15) is 17.4 Å². The predicted molar refractivity (Wildman–Crippen MR) is 75.3 cm³/mol. The highest BCUT2D eigenvalue weighted by Crippen LogP contribution is 2.26. The van der Waals surface area contributed by atoms with Gasteiger partial charge in [0.2, 0.25) is 0 Å². The molecule has 96 valence electrons. The number of hydrogen-bond donors (Lipinski definition) is 1. The molecule has 0 aliphatic carbocycles. The van der Waals surface area contributed by atoms with E-state index < -0.39 is 0 Å². The quantitative estimate of drug-likeness (QED) is 0.934. The van der Waals surface area contributed by atoms with E-state index in [4.69, 9.17) is 22.1 Å². The molecule has 0 aliphatic rings. The van der Waals surface area contributed by atoms with Crippen LogP contribution in [-0.2, 0) is 13.2 Å². The molecule has 0 bridgehead atoms. The lowest BCUT2D eigenvalue weighted by atomic mass is 10.1. The summed E-state index contributed by atoms with van der Waals surface area (Å²) < 4.78 is 5.71. The highest BCUT2D eigenvalue weighted by molar-refractivity contribution is 7.09. The lowest BCUT2D eigenvalue weighted by Crippen LogP contribution is -1.99. The summed E-state index contributed by atoms with van der Waals surface area (Å²) in [5, 5.41) is 3.69. The third-order valence-electron chi connectivity index (χ3n) is 2.57. The van der Waals surface area contributed by atoms with Gasteiger partial charge in [-0.3, -0.25) is 0 Å². The minimum absolute atomic E-state index is 0.455. The molecule has 0 fully saturated rings. The molecule has 2 aromatic rings. The van der Waals surface area contributed by atoms with E-state index in [0.717, 1.165) is 32.6 Å². The van der Waals surface area contributed by atoms with Crippen LogP contribution in [0.3, 0.4) is 0 Å². The van der Waals surface area contributed by atoms with Crippen molar-refractivity contribution in [2.24, 2.45) is 5.73 Å². The molecule has 5 heteroatoms. The predicted octanol–water partition coefficient (Wildman–Crippen LogP) is 3.45. The molecule has 0 saturated carbocycles. The smallest absolute Gasteiger partial charge is 0.131 e. The van der Waals surface area contributed by atoms with Crippen molar-refractivity contribution in [3.8, 4) is 5.75 Å². The molecular weight excluding hydrogens is 268 g/mol. The second kappa shape index (κ2) is 5.69. The number of thiazole rings is 1. The van der Waals surface area contributed by atoms with E-state index in [1.807, 2.05) is 31.4 Å². The summed E-state index contributed by atoms with van der Waals surface area (Å²) in [5.41, 5.74) is 8.47. The van der Waals surface area contributed by atoms with Crippen molar-refractivity contribution < 1.29 is 4.74 Å². The van der Waals surface area contributed by atoms with E-state index in [2.05, 4.69) is 4.98 Å². The number of aryl methyl sites for hydroxylation is 2. The molecule has 1 aromatic heterocycles. The molecule has 1 heterocycles. The zero-order valence-electron chi connectivity index (χ0n) is 10.4. The largest absolute Gasteiger partial charge is 0.487 e. The Labute approximate surface area is 116 Å². The SMILES string of the molecule is Cc1cc(OCc2csc(CN)n2)cc(C)c1Cl. The monoisotopic (exact) mass is 282 g/mol. The van der Waals surface area contributed by atoms with Crippen LogP contribution in [0.2, 0.25) is 5.02 Å². The van der Waals surface area contributed by atoms with Crippen LogP contribution in [-0.4, -0.2) is 4.98 Å². The van der Waals surface area contributed by atoms with Gasteiger partial charge in [0.25, 0.3) is 0 Å². The molecule has 3 nitrogen and oxygen atoms in total. The molecule has 0 amide bonds. The molecule has 0 unspecified atom stereocenters. The summed E-state index contributed by atoms with van der Waals surface area (Å²) in [7, 11) is 0. The number of nitrogens with two attached hydrogens (primary N) is 1. The summed E-state index contributed by atoms with van der Waals surface area (Å²) in [6.07, 6.45) is 0. The molecule has 2 rings (SSSR count). The van der Waals surface area contributed by atoms with Gasteiger partial charge in [-0.05, 0) is 37.1 Å². The minimum Gasteiger partial charge on any atom is -0.487 e. The van der Waals surface area contributed by atoms with Gasteiger partial charge in [0, 0.05) is 16.9 Å². The normalized spacial score (nSPS) is 10.7. The van der Waals surface area contributed by atoms with Gasteiger partial charge in [-0.1, -0.05) is 11.6 Å². The van der Waals surface area contributed by atoms with Gasteiger partial charge in [-0.15, -0.1) is 11.3 Å². The Morgan fingerprint density at radius 2 is 2.00 bits per heavy atom. The van der Waals surface area contributed by atoms with Crippen molar-refractivity contribution >= 4 is 22.9 Å². The third-order valence-corrected chi connectivity index (χ3v) is 4.09. The second-order valence-electron chi connectivity index (χ2n) is 4.10. The van der Waals surface area contributed by atoms with Crippen molar-refractivity contribution in [1.82, 2.24) is 4.98 Å². The fraction of sp³-hybridized carbons (Fsp3) is 0.308. The summed E-state index contributed by atoms with van der Waals surface area (Å²) in [5.74, 6) is 0.816. The molecule has 18 heavy (non-hydrogen) atoms. The first-order valence-corrected chi connectivity index (χ1v) is 6.89. The van der Waals surface area contributed by atoms with E-state index in [1.165, 1.54) is 0 Å². The van der Waals surface area contributed by atoms with Crippen molar-refractivity contribution in [3.05, 3.63) is 44.4 Å². The van der Waals surface area contributed by atoms with Crippen molar-refractivity contribution in [2.75, 3.05) is 0 Å². The van der Waals surface area contributed by atoms with Gasteiger partial charge in [-0.2, -0.15) is 0 Å². The van der Waals surface area contributed by atoms with Crippen LogP contribution in [0.25, 0.3) is 0 Å². The highest BCUT2D eigenvalue weighted by atomic mass is 35.5. The molecule has 0 radical (unpaired) electrons. The fourth-order valence-electron chi connectivity index (χ4n) is 1.66. The maximum Gasteiger partial charge on any atom is 0.131 e. The standard InChI is InChI=1S/C13H15ClN2OS/c1-8-3-11(4-9(2)13(8)14)17-6-10-7-18-12(5-15)16-10/h3-4,7H,5-6,15H2,1-2H3. The van der Waals surface area contributed by atoms with Crippen LogP contribution in [0, 0.1) is 13.8 Å². The average Bonchev–Trinajstić information content (AvgIpc) is 2.81. The van der Waals surface area contributed by atoms with Crippen molar-refractivity contribution in [3.63, 3.8) is 0 Å². The van der Waals surface area contributed by atoms with Gasteiger partial charge < -0.3 is 10.5 Å². The lowest BCUT2D eigenvalue weighted by Gasteiger charge is -2.08. The summed E-state index contributed by atoms with van der Waals surface area (Å²) in [6, 6.07) is 3.87. The Kier molecular flexibility index (Phi) is 4.22. The van der Waals surface area contributed by atoms with Crippen molar-refractivity contribution in [2.45, 2.75) is 27.0 Å². The molecule has 0 saturated heterocycles. The first-order valence-electron chi connectivity index (χ1n) is 5.63. The number of benzene rings is 1. The first-order chi connectivity index (χ1) is 8.60. The Hall–Kier alpha value is -1.10. The van der Waals surface area contributed by atoms with Crippen LogP contribution in [0.5, 0.6) is 5.75 Å². The summed E-state index contributed by atoms with van der Waals surface area (Å²) >= 11 is 7.67. The van der Waals surface area contributed by atoms with Gasteiger partial charge in [0.05, 0.1) is 5.69 Å². The molecule has 0 spiro atoms. The van der Waals surface area contributed by atoms with E-state index in [-0.39, 0.29) is 0 Å². The van der Waals surface area contributed by atoms with Crippen molar-refractivity contribution in [1.29, 1.82) is 0 Å². The topological polar surface area (TPSA) is 48.1 Å². The van der Waals surface area contributed by atoms with E-state index >= 15 is 0 Å². The Morgan fingerprint density at radius 1 is 1.33 bits per heavy atom. The van der Waals surface area contributed by atoms with Crippen LogP contribution >= 0.6 is 22.9 Å². The van der Waals surface area contributed by atoms with Crippen LogP contribution in [0.1, 0.15) is 21.8 Å². The molecular formula is C13H15ClN2OS. The van der Waals surface area contributed by atoms with E-state index in [1.54, 1.807) is 11.3 Å². The van der Waals surface area contributed by atoms with Gasteiger partial charge in [0.15, 0.2) is 0 Å². The average molecular weight is 283 g/mol. The summed E-state index contributed by atoms with van der Waals surface area (Å²) in [6.45, 7) is 4.87. The molecule has 2 N–H and O–H groups in total. The second-order valence-corrected chi connectivity index (χ2v) is 5.42. The number of ether oxygens (including phenoxy) is 1. The highest BCUT2D eigenvalue weighted by Gasteiger charge is 2.05. The zero-order valence-corrected chi connectivity index (χ0v) is 11.9.